The van der Waals surface area contributed by atoms with Crippen molar-refractivity contribution in [3.63, 3.8) is 0 Å². The lowest BCUT2D eigenvalue weighted by atomic mass is 10.1. The summed E-state index contributed by atoms with van der Waals surface area (Å²) >= 11 is 0. The summed E-state index contributed by atoms with van der Waals surface area (Å²) in [4.78, 5) is 24.2. The fourth-order valence-electron chi connectivity index (χ4n) is 2.31. The van der Waals surface area contributed by atoms with E-state index < -0.39 is 5.97 Å². The normalized spacial score (nSPS) is 12.1. The molecule has 1 aliphatic rings. The summed E-state index contributed by atoms with van der Waals surface area (Å²) < 4.78 is 21.0. The first-order valence-corrected chi connectivity index (χ1v) is 7.89. The summed E-state index contributed by atoms with van der Waals surface area (Å²) in [6.45, 7) is 3.63. The third kappa shape index (κ3) is 4.09. The third-order valence-electron chi connectivity index (χ3n) is 3.49. The Morgan fingerprint density at radius 2 is 1.68 bits per heavy atom. The number of carbonyl (C=O) groups excluding carboxylic acids is 2. The van der Waals surface area contributed by atoms with Crippen LogP contribution < -0.4 is 14.2 Å². The Hall–Kier alpha value is -3.02. The van der Waals surface area contributed by atoms with Crippen molar-refractivity contribution in [2.24, 2.45) is 0 Å². The smallest absolute Gasteiger partial charge is 0.338 e. The lowest BCUT2D eigenvalue weighted by Crippen LogP contribution is -2.14. The molecule has 25 heavy (non-hydrogen) atoms. The quantitative estimate of drug-likeness (QED) is 0.593. The number of hydrogen-bond acceptors (Lipinski definition) is 6. The van der Waals surface area contributed by atoms with Gasteiger partial charge in [-0.1, -0.05) is 0 Å². The van der Waals surface area contributed by atoms with Crippen LogP contribution in [0.25, 0.3) is 0 Å². The summed E-state index contributed by atoms with van der Waals surface area (Å²) in [5, 5.41) is 0. The number of Topliss-reactive ketones (excluding diaryl/α,β-unsaturated/α-hetero) is 1. The van der Waals surface area contributed by atoms with Crippen molar-refractivity contribution < 1.29 is 28.5 Å². The van der Waals surface area contributed by atoms with Crippen molar-refractivity contribution in [3.05, 3.63) is 53.6 Å². The Bertz CT molecular complexity index is 779. The van der Waals surface area contributed by atoms with E-state index in [0.29, 0.717) is 28.4 Å². The molecule has 0 fully saturated rings. The number of benzene rings is 2. The van der Waals surface area contributed by atoms with Gasteiger partial charge in [0.15, 0.2) is 23.9 Å². The molecule has 0 saturated heterocycles. The maximum atomic E-state index is 12.2. The molecule has 130 valence electrons. The van der Waals surface area contributed by atoms with E-state index in [-0.39, 0.29) is 25.3 Å². The van der Waals surface area contributed by atoms with E-state index in [0.717, 1.165) is 0 Å². The summed E-state index contributed by atoms with van der Waals surface area (Å²) in [6, 6.07) is 11.4. The van der Waals surface area contributed by atoms with E-state index in [4.69, 9.17) is 18.9 Å². The number of ketones is 1. The van der Waals surface area contributed by atoms with Crippen molar-refractivity contribution in [1.82, 2.24) is 0 Å². The fourth-order valence-corrected chi connectivity index (χ4v) is 2.31. The van der Waals surface area contributed by atoms with Gasteiger partial charge < -0.3 is 18.9 Å². The summed E-state index contributed by atoms with van der Waals surface area (Å²) in [6.07, 6.45) is 0.0529. The molecule has 0 radical (unpaired) electrons. The molecule has 0 aliphatic carbocycles. The van der Waals surface area contributed by atoms with Crippen LogP contribution in [0.1, 0.15) is 34.6 Å². The molecule has 0 spiro atoms. The number of rotatable bonds is 6. The standard InChI is InChI=1S/C19H18O6/c1-12(2)25-15-6-3-13(4-7-15)19(21)22-10-16(20)14-5-8-17-18(9-14)24-11-23-17/h3-9,12H,10-11H2,1-2H3. The molecule has 1 aliphatic heterocycles. The number of esters is 1. The molecule has 1 heterocycles. The summed E-state index contributed by atoms with van der Waals surface area (Å²) in [5.41, 5.74) is 0.757. The molecule has 3 rings (SSSR count). The van der Waals surface area contributed by atoms with Crippen LogP contribution in [-0.4, -0.2) is 31.3 Å². The van der Waals surface area contributed by atoms with Crippen LogP contribution in [0.2, 0.25) is 0 Å². The summed E-state index contributed by atoms with van der Waals surface area (Å²) in [5.74, 6) is 0.898. The Balaban J connectivity index is 1.57. The Morgan fingerprint density at radius 3 is 2.40 bits per heavy atom. The van der Waals surface area contributed by atoms with Crippen molar-refractivity contribution in [3.8, 4) is 17.2 Å². The molecule has 0 amide bonds. The lowest BCUT2D eigenvalue weighted by molar-refractivity contribution is 0.0474. The average molecular weight is 342 g/mol. The second-order valence-corrected chi connectivity index (χ2v) is 5.76. The molecular weight excluding hydrogens is 324 g/mol. The Labute approximate surface area is 145 Å². The van der Waals surface area contributed by atoms with Crippen molar-refractivity contribution in [2.45, 2.75) is 20.0 Å². The van der Waals surface area contributed by atoms with Crippen LogP contribution in [0.15, 0.2) is 42.5 Å². The second-order valence-electron chi connectivity index (χ2n) is 5.76. The zero-order chi connectivity index (χ0) is 17.8. The SMILES string of the molecule is CC(C)Oc1ccc(C(=O)OCC(=O)c2ccc3c(c2)OCO3)cc1. The third-order valence-corrected chi connectivity index (χ3v) is 3.49. The van der Waals surface area contributed by atoms with Crippen LogP contribution in [-0.2, 0) is 4.74 Å². The van der Waals surface area contributed by atoms with E-state index in [1.54, 1.807) is 42.5 Å². The maximum Gasteiger partial charge on any atom is 0.338 e. The topological polar surface area (TPSA) is 71.1 Å². The van der Waals surface area contributed by atoms with Crippen LogP contribution >= 0.6 is 0 Å². The first kappa shape index (κ1) is 16.8. The van der Waals surface area contributed by atoms with Crippen LogP contribution in [0, 0.1) is 0 Å². The zero-order valence-electron chi connectivity index (χ0n) is 14.0. The predicted molar refractivity (Wildman–Crippen MR) is 89.4 cm³/mol. The van der Waals surface area contributed by atoms with Crippen LogP contribution in [0.4, 0.5) is 0 Å². The van der Waals surface area contributed by atoms with Crippen molar-refractivity contribution >= 4 is 11.8 Å². The largest absolute Gasteiger partial charge is 0.491 e. The highest BCUT2D eigenvalue weighted by molar-refractivity contribution is 5.99. The lowest BCUT2D eigenvalue weighted by Gasteiger charge is -2.10. The minimum absolute atomic E-state index is 0.0529. The van der Waals surface area contributed by atoms with Gasteiger partial charge in [0, 0.05) is 5.56 Å². The average Bonchev–Trinajstić information content (AvgIpc) is 3.07. The number of carbonyl (C=O) groups is 2. The van der Waals surface area contributed by atoms with Gasteiger partial charge in [0.05, 0.1) is 11.7 Å². The Kier molecular flexibility index (Phi) is 4.88. The molecule has 0 unspecified atom stereocenters. The molecular formula is C19H18O6. The van der Waals surface area contributed by atoms with Gasteiger partial charge in [0.25, 0.3) is 0 Å². The molecule has 0 atom stereocenters. The highest BCUT2D eigenvalue weighted by Crippen LogP contribution is 2.32. The first-order valence-electron chi connectivity index (χ1n) is 7.89. The van der Waals surface area contributed by atoms with Crippen molar-refractivity contribution in [2.75, 3.05) is 13.4 Å². The van der Waals surface area contributed by atoms with E-state index in [1.807, 2.05) is 13.8 Å². The Morgan fingerprint density at radius 1 is 1.00 bits per heavy atom. The molecule has 6 heteroatoms. The second kappa shape index (κ2) is 7.25. The number of fused-ring (bicyclic) bond motifs is 1. The first-order chi connectivity index (χ1) is 12.0. The highest BCUT2D eigenvalue weighted by Gasteiger charge is 2.17. The van der Waals surface area contributed by atoms with E-state index in [1.165, 1.54) is 0 Å². The number of ether oxygens (including phenoxy) is 4. The molecule has 0 aromatic heterocycles. The molecule has 6 nitrogen and oxygen atoms in total. The minimum atomic E-state index is -0.565. The predicted octanol–water partition coefficient (Wildman–Crippen LogP) is 3.24. The molecule has 0 bridgehead atoms. The monoisotopic (exact) mass is 342 g/mol. The van der Waals surface area contributed by atoms with Gasteiger partial charge in [0.2, 0.25) is 6.79 Å². The molecule has 0 saturated carbocycles. The van der Waals surface area contributed by atoms with E-state index in [2.05, 4.69) is 0 Å². The zero-order valence-corrected chi connectivity index (χ0v) is 14.0. The van der Waals surface area contributed by atoms with Crippen molar-refractivity contribution in [1.29, 1.82) is 0 Å². The van der Waals surface area contributed by atoms with Crippen LogP contribution in [0.5, 0.6) is 17.2 Å². The van der Waals surface area contributed by atoms with Gasteiger partial charge in [-0.15, -0.1) is 0 Å². The van der Waals surface area contributed by atoms with Gasteiger partial charge >= 0.3 is 5.97 Å². The van der Waals surface area contributed by atoms with Gasteiger partial charge in [-0.25, -0.2) is 4.79 Å². The highest BCUT2D eigenvalue weighted by atomic mass is 16.7. The number of hydrogen-bond donors (Lipinski definition) is 0. The maximum absolute atomic E-state index is 12.2. The fraction of sp³-hybridized carbons (Fsp3) is 0.263. The molecule has 2 aromatic rings. The van der Waals surface area contributed by atoms with Gasteiger partial charge in [0.1, 0.15) is 5.75 Å². The molecule has 0 N–H and O–H groups in total. The minimum Gasteiger partial charge on any atom is -0.491 e. The molecule has 2 aromatic carbocycles. The van der Waals surface area contributed by atoms with Gasteiger partial charge in [-0.05, 0) is 56.3 Å². The van der Waals surface area contributed by atoms with Crippen LogP contribution in [0.3, 0.4) is 0 Å². The van der Waals surface area contributed by atoms with Gasteiger partial charge in [-0.2, -0.15) is 0 Å². The van der Waals surface area contributed by atoms with E-state index in [9.17, 15) is 9.59 Å². The van der Waals surface area contributed by atoms with Gasteiger partial charge in [-0.3, -0.25) is 4.79 Å². The van der Waals surface area contributed by atoms with E-state index >= 15 is 0 Å². The summed E-state index contributed by atoms with van der Waals surface area (Å²) in [7, 11) is 0.